The summed E-state index contributed by atoms with van der Waals surface area (Å²) in [4.78, 5) is 10.3. The van der Waals surface area contributed by atoms with Crippen LogP contribution < -0.4 is 5.32 Å². The van der Waals surface area contributed by atoms with E-state index in [0.717, 1.165) is 5.56 Å². The number of hydrogen-bond acceptors (Lipinski definition) is 4. The Kier molecular flexibility index (Phi) is 5.25. The van der Waals surface area contributed by atoms with Gasteiger partial charge in [-0.25, -0.2) is 0 Å². The third kappa shape index (κ3) is 4.13. The lowest BCUT2D eigenvalue weighted by Crippen LogP contribution is -2.24. The number of aryl methyl sites for hydroxylation is 1. The maximum absolute atomic E-state index is 10.8. The molecule has 2 N–H and O–H groups in total. The number of hydrogen-bond donors (Lipinski definition) is 2. The summed E-state index contributed by atoms with van der Waals surface area (Å²) in [6.07, 6.45) is -0.784. The molecule has 5 nitrogen and oxygen atoms in total. The predicted octanol–water partition coefficient (Wildman–Crippen LogP) is 3.29. The van der Waals surface area contributed by atoms with Crippen LogP contribution >= 0.6 is 0 Å². The Morgan fingerprint density at radius 3 is 2.50 bits per heavy atom. The molecular weight excluding hydrogens is 280 g/mol. The van der Waals surface area contributed by atoms with Gasteiger partial charge in [-0.3, -0.25) is 10.1 Å². The molecule has 5 heteroatoms. The molecule has 0 aliphatic rings. The lowest BCUT2D eigenvalue weighted by Gasteiger charge is -2.18. The van der Waals surface area contributed by atoms with Gasteiger partial charge >= 0.3 is 0 Å². The molecule has 2 aromatic carbocycles. The van der Waals surface area contributed by atoms with E-state index in [1.807, 2.05) is 38.1 Å². The second-order valence-corrected chi connectivity index (χ2v) is 5.41. The van der Waals surface area contributed by atoms with E-state index in [-0.39, 0.29) is 11.7 Å². The van der Waals surface area contributed by atoms with Gasteiger partial charge in [0.05, 0.1) is 11.0 Å². The molecule has 0 spiro atoms. The van der Waals surface area contributed by atoms with E-state index < -0.39 is 11.0 Å². The molecule has 0 heterocycles. The van der Waals surface area contributed by atoms with Crippen LogP contribution in [0.2, 0.25) is 0 Å². The molecule has 2 rings (SSSR count). The van der Waals surface area contributed by atoms with Crippen molar-refractivity contribution in [3.05, 3.63) is 75.3 Å². The summed E-state index contributed by atoms with van der Waals surface area (Å²) >= 11 is 0. The van der Waals surface area contributed by atoms with E-state index in [9.17, 15) is 15.2 Å². The molecule has 0 saturated carbocycles. The number of non-ortho nitro benzene ring substituents is 1. The van der Waals surface area contributed by atoms with Crippen molar-refractivity contribution < 1.29 is 10.0 Å². The van der Waals surface area contributed by atoms with E-state index >= 15 is 0 Å². The first-order valence-corrected chi connectivity index (χ1v) is 7.19. The van der Waals surface area contributed by atoms with Crippen LogP contribution in [0.5, 0.6) is 0 Å². The lowest BCUT2D eigenvalue weighted by atomic mass is 10.1. The average Bonchev–Trinajstić information content (AvgIpc) is 2.53. The van der Waals surface area contributed by atoms with Crippen LogP contribution in [0.4, 0.5) is 5.69 Å². The average molecular weight is 300 g/mol. The number of nitro benzene ring substituents is 1. The van der Waals surface area contributed by atoms with E-state index in [1.54, 1.807) is 12.1 Å². The maximum Gasteiger partial charge on any atom is 0.269 e. The molecule has 0 aliphatic heterocycles. The molecule has 0 bridgehead atoms. The first-order valence-electron chi connectivity index (χ1n) is 7.19. The Balaban J connectivity index is 1.97. The van der Waals surface area contributed by atoms with Gasteiger partial charge in [0.25, 0.3) is 5.69 Å². The quantitative estimate of drug-likeness (QED) is 0.634. The van der Waals surface area contributed by atoms with E-state index in [1.165, 1.54) is 17.7 Å². The summed E-state index contributed by atoms with van der Waals surface area (Å²) in [5, 5.41) is 24.2. The number of nitro groups is 1. The highest BCUT2D eigenvalue weighted by Crippen LogP contribution is 2.20. The molecule has 2 atom stereocenters. The standard InChI is InChI=1S/C17H20N2O3/c1-12-6-8-14(9-7-12)13(2)18-11-17(20)15-4-3-5-16(10-15)19(21)22/h3-10,13,17-18,20H,11H2,1-2H3. The van der Waals surface area contributed by atoms with Crippen LogP contribution in [0.15, 0.2) is 48.5 Å². The Bertz CT molecular complexity index is 641. The number of benzene rings is 2. The van der Waals surface area contributed by atoms with Crippen LogP contribution in [-0.2, 0) is 0 Å². The largest absolute Gasteiger partial charge is 0.387 e. The van der Waals surface area contributed by atoms with Crippen LogP contribution in [0, 0.1) is 17.0 Å². The highest BCUT2D eigenvalue weighted by Gasteiger charge is 2.13. The minimum Gasteiger partial charge on any atom is -0.387 e. The Labute approximate surface area is 129 Å². The lowest BCUT2D eigenvalue weighted by molar-refractivity contribution is -0.385. The number of rotatable bonds is 6. The van der Waals surface area contributed by atoms with Crippen molar-refractivity contribution in [1.29, 1.82) is 0 Å². The van der Waals surface area contributed by atoms with Gasteiger partial charge < -0.3 is 10.4 Å². The van der Waals surface area contributed by atoms with Gasteiger partial charge in [0.1, 0.15) is 0 Å². The summed E-state index contributed by atoms with van der Waals surface area (Å²) in [7, 11) is 0. The molecule has 0 fully saturated rings. The Morgan fingerprint density at radius 2 is 1.86 bits per heavy atom. The van der Waals surface area contributed by atoms with E-state index in [2.05, 4.69) is 5.32 Å². The SMILES string of the molecule is Cc1ccc(C(C)NCC(O)c2cccc([N+](=O)[O-])c2)cc1. The van der Waals surface area contributed by atoms with Crippen LogP contribution in [-0.4, -0.2) is 16.6 Å². The number of nitrogens with zero attached hydrogens (tertiary/aromatic N) is 1. The molecule has 0 amide bonds. The highest BCUT2D eigenvalue weighted by atomic mass is 16.6. The maximum atomic E-state index is 10.8. The Morgan fingerprint density at radius 1 is 1.18 bits per heavy atom. The fraction of sp³-hybridized carbons (Fsp3) is 0.294. The minimum absolute atomic E-state index is 0.0110. The van der Waals surface area contributed by atoms with E-state index in [4.69, 9.17) is 0 Å². The summed E-state index contributed by atoms with van der Waals surface area (Å²) < 4.78 is 0. The molecule has 0 saturated heterocycles. The van der Waals surface area contributed by atoms with E-state index in [0.29, 0.717) is 12.1 Å². The summed E-state index contributed by atoms with van der Waals surface area (Å²) in [6, 6.07) is 14.4. The van der Waals surface area contributed by atoms with Gasteiger partial charge in [-0.05, 0) is 25.0 Å². The van der Waals surface area contributed by atoms with Gasteiger partial charge in [-0.2, -0.15) is 0 Å². The first kappa shape index (κ1) is 16.1. The van der Waals surface area contributed by atoms with Crippen molar-refractivity contribution in [2.45, 2.75) is 26.0 Å². The second-order valence-electron chi connectivity index (χ2n) is 5.41. The van der Waals surface area contributed by atoms with Crippen molar-refractivity contribution in [3.8, 4) is 0 Å². The molecular formula is C17H20N2O3. The third-order valence-corrected chi connectivity index (χ3v) is 3.66. The second kappa shape index (κ2) is 7.15. The molecule has 0 radical (unpaired) electrons. The van der Waals surface area contributed by atoms with Crippen LogP contribution in [0.1, 0.15) is 35.8 Å². The summed E-state index contributed by atoms with van der Waals surface area (Å²) in [5.41, 5.74) is 2.87. The van der Waals surface area contributed by atoms with Gasteiger partial charge in [0.15, 0.2) is 0 Å². The third-order valence-electron chi connectivity index (χ3n) is 3.66. The predicted molar refractivity (Wildman–Crippen MR) is 85.7 cm³/mol. The number of nitrogens with one attached hydrogen (secondary N) is 1. The van der Waals surface area contributed by atoms with Crippen LogP contribution in [0.3, 0.4) is 0 Å². The number of aliphatic hydroxyl groups excluding tert-OH is 1. The topological polar surface area (TPSA) is 75.4 Å². The Hall–Kier alpha value is -2.24. The van der Waals surface area contributed by atoms with Crippen molar-refractivity contribution in [3.63, 3.8) is 0 Å². The fourth-order valence-electron chi connectivity index (χ4n) is 2.22. The molecule has 22 heavy (non-hydrogen) atoms. The smallest absolute Gasteiger partial charge is 0.269 e. The first-order chi connectivity index (χ1) is 10.5. The minimum atomic E-state index is -0.784. The molecule has 2 aromatic rings. The molecule has 116 valence electrons. The highest BCUT2D eigenvalue weighted by molar-refractivity contribution is 5.35. The molecule has 0 aliphatic carbocycles. The zero-order chi connectivity index (χ0) is 16.1. The number of aliphatic hydroxyl groups is 1. The molecule has 2 unspecified atom stereocenters. The fourth-order valence-corrected chi connectivity index (χ4v) is 2.22. The monoisotopic (exact) mass is 300 g/mol. The summed E-state index contributed by atoms with van der Waals surface area (Å²) in [5.74, 6) is 0. The van der Waals surface area contributed by atoms with Gasteiger partial charge in [-0.15, -0.1) is 0 Å². The zero-order valence-corrected chi connectivity index (χ0v) is 12.7. The molecule has 0 aromatic heterocycles. The van der Waals surface area contributed by atoms with Gasteiger partial charge in [0, 0.05) is 24.7 Å². The van der Waals surface area contributed by atoms with Gasteiger partial charge in [0.2, 0.25) is 0 Å². The van der Waals surface area contributed by atoms with Gasteiger partial charge in [-0.1, -0.05) is 42.0 Å². The van der Waals surface area contributed by atoms with Crippen molar-refractivity contribution in [1.82, 2.24) is 5.32 Å². The van der Waals surface area contributed by atoms with Crippen molar-refractivity contribution in [2.24, 2.45) is 0 Å². The zero-order valence-electron chi connectivity index (χ0n) is 12.7. The van der Waals surface area contributed by atoms with Crippen LogP contribution in [0.25, 0.3) is 0 Å². The summed E-state index contributed by atoms with van der Waals surface area (Å²) in [6.45, 7) is 4.38. The normalized spacial score (nSPS) is 13.6. The van der Waals surface area contributed by atoms with Crippen molar-refractivity contribution in [2.75, 3.05) is 6.54 Å². The van der Waals surface area contributed by atoms with Crippen molar-refractivity contribution >= 4 is 5.69 Å².